The molecule has 7 nitrogen and oxygen atoms in total. The first-order valence-electron chi connectivity index (χ1n) is 7.54. The summed E-state index contributed by atoms with van der Waals surface area (Å²) in [6.45, 7) is -0.365. The van der Waals surface area contributed by atoms with Crippen molar-refractivity contribution in [3.8, 4) is 0 Å². The molecule has 0 unspecified atom stereocenters. The van der Waals surface area contributed by atoms with Gasteiger partial charge in [-0.15, -0.1) is 0 Å². The highest BCUT2D eigenvalue weighted by atomic mass is 32.2. The van der Waals surface area contributed by atoms with Crippen molar-refractivity contribution < 1.29 is 27.1 Å². The highest BCUT2D eigenvalue weighted by Crippen LogP contribution is 2.16. The first-order valence-corrected chi connectivity index (χ1v) is 9.02. The standard InChI is InChI=1S/C17H17FN2O5S/c1-19-26(23,24)13-7-8-15(18)14(9-13)17(22)25-11-16(21)20-10-12-5-3-2-4-6-12/h2-9,19H,10-11H2,1H3,(H,20,21). The van der Waals surface area contributed by atoms with E-state index < -0.39 is 39.9 Å². The van der Waals surface area contributed by atoms with E-state index in [2.05, 4.69) is 10.0 Å². The maximum absolute atomic E-state index is 13.8. The van der Waals surface area contributed by atoms with Crippen LogP contribution < -0.4 is 10.0 Å². The van der Waals surface area contributed by atoms with Crippen LogP contribution in [-0.2, 0) is 26.1 Å². The zero-order valence-corrected chi connectivity index (χ0v) is 14.7. The lowest BCUT2D eigenvalue weighted by molar-refractivity contribution is -0.124. The molecule has 0 aromatic heterocycles. The number of hydrogen-bond acceptors (Lipinski definition) is 5. The van der Waals surface area contributed by atoms with Crippen molar-refractivity contribution in [1.82, 2.24) is 10.0 Å². The van der Waals surface area contributed by atoms with Crippen molar-refractivity contribution in [2.24, 2.45) is 0 Å². The number of hydrogen-bond donors (Lipinski definition) is 2. The van der Waals surface area contributed by atoms with Crippen molar-refractivity contribution >= 4 is 21.9 Å². The molecule has 26 heavy (non-hydrogen) atoms. The number of rotatable bonds is 7. The molecule has 0 aliphatic carbocycles. The Morgan fingerprint density at radius 3 is 2.46 bits per heavy atom. The summed E-state index contributed by atoms with van der Waals surface area (Å²) in [7, 11) is -2.66. The third-order valence-electron chi connectivity index (χ3n) is 3.40. The summed E-state index contributed by atoms with van der Waals surface area (Å²) in [5.41, 5.74) is 0.292. The van der Waals surface area contributed by atoms with E-state index in [4.69, 9.17) is 4.74 Å². The van der Waals surface area contributed by atoms with E-state index in [1.165, 1.54) is 7.05 Å². The minimum Gasteiger partial charge on any atom is -0.452 e. The molecule has 138 valence electrons. The molecular formula is C17H17FN2O5S. The van der Waals surface area contributed by atoms with Gasteiger partial charge in [0.2, 0.25) is 10.0 Å². The average Bonchev–Trinajstić information content (AvgIpc) is 2.65. The maximum atomic E-state index is 13.8. The van der Waals surface area contributed by atoms with Crippen LogP contribution in [0.5, 0.6) is 0 Å². The van der Waals surface area contributed by atoms with Gasteiger partial charge >= 0.3 is 5.97 Å². The SMILES string of the molecule is CNS(=O)(=O)c1ccc(F)c(C(=O)OCC(=O)NCc2ccccc2)c1. The van der Waals surface area contributed by atoms with Gasteiger partial charge in [-0.25, -0.2) is 22.3 Å². The van der Waals surface area contributed by atoms with Crippen molar-refractivity contribution in [2.45, 2.75) is 11.4 Å². The lowest BCUT2D eigenvalue weighted by Gasteiger charge is -2.09. The van der Waals surface area contributed by atoms with Crippen LogP contribution in [0.1, 0.15) is 15.9 Å². The number of carbonyl (C=O) groups is 2. The van der Waals surface area contributed by atoms with Gasteiger partial charge in [-0.3, -0.25) is 4.79 Å². The molecule has 0 aliphatic rings. The zero-order valence-electron chi connectivity index (χ0n) is 13.9. The largest absolute Gasteiger partial charge is 0.452 e. The smallest absolute Gasteiger partial charge is 0.341 e. The number of sulfonamides is 1. The monoisotopic (exact) mass is 380 g/mol. The fraction of sp³-hybridized carbons (Fsp3) is 0.176. The van der Waals surface area contributed by atoms with E-state index in [0.29, 0.717) is 0 Å². The van der Waals surface area contributed by atoms with Crippen molar-refractivity contribution in [3.63, 3.8) is 0 Å². The van der Waals surface area contributed by atoms with Crippen LogP contribution in [-0.4, -0.2) is 33.9 Å². The summed E-state index contributed by atoms with van der Waals surface area (Å²) in [6, 6.07) is 11.8. The Hall–Kier alpha value is -2.78. The van der Waals surface area contributed by atoms with Gasteiger partial charge in [0.05, 0.1) is 10.5 Å². The van der Waals surface area contributed by atoms with E-state index in [1.54, 1.807) is 0 Å². The molecule has 0 radical (unpaired) electrons. The second kappa shape index (κ2) is 8.54. The number of nitrogens with one attached hydrogen (secondary N) is 2. The molecule has 1 amide bonds. The lowest BCUT2D eigenvalue weighted by atomic mass is 10.2. The highest BCUT2D eigenvalue weighted by molar-refractivity contribution is 7.89. The van der Waals surface area contributed by atoms with Gasteiger partial charge in [0.25, 0.3) is 5.91 Å². The van der Waals surface area contributed by atoms with Crippen LogP contribution in [0, 0.1) is 5.82 Å². The van der Waals surface area contributed by atoms with E-state index in [1.807, 2.05) is 30.3 Å². The Kier molecular flexibility index (Phi) is 6.42. The Bertz CT molecular complexity index is 901. The minimum absolute atomic E-state index is 0.251. The predicted molar refractivity (Wildman–Crippen MR) is 91.2 cm³/mol. The third kappa shape index (κ3) is 5.11. The number of amides is 1. The van der Waals surface area contributed by atoms with Crippen molar-refractivity contribution in [3.05, 3.63) is 65.5 Å². The van der Waals surface area contributed by atoms with Gasteiger partial charge in [-0.2, -0.15) is 0 Å². The quantitative estimate of drug-likeness (QED) is 0.703. The normalized spacial score (nSPS) is 11.0. The van der Waals surface area contributed by atoms with Gasteiger partial charge in [0, 0.05) is 6.54 Å². The van der Waals surface area contributed by atoms with Gasteiger partial charge in [0.15, 0.2) is 6.61 Å². The van der Waals surface area contributed by atoms with E-state index in [-0.39, 0.29) is 11.4 Å². The summed E-state index contributed by atoms with van der Waals surface area (Å²) in [5.74, 6) is -2.65. The molecule has 0 saturated heterocycles. The molecule has 2 aromatic rings. The summed E-state index contributed by atoms with van der Waals surface area (Å²) < 4.78 is 44.0. The summed E-state index contributed by atoms with van der Waals surface area (Å²) in [6.07, 6.45) is 0. The first-order chi connectivity index (χ1) is 12.3. The van der Waals surface area contributed by atoms with Crippen LogP contribution in [0.4, 0.5) is 4.39 Å². The Balaban J connectivity index is 1.97. The molecule has 0 atom stereocenters. The molecule has 2 aromatic carbocycles. The van der Waals surface area contributed by atoms with Crippen LogP contribution in [0.3, 0.4) is 0 Å². The molecule has 0 aliphatic heterocycles. The molecule has 2 rings (SSSR count). The minimum atomic E-state index is -3.85. The van der Waals surface area contributed by atoms with Gasteiger partial charge in [0.1, 0.15) is 5.82 Å². The Morgan fingerprint density at radius 2 is 1.81 bits per heavy atom. The molecule has 9 heteroatoms. The number of carbonyl (C=O) groups excluding carboxylic acids is 2. The molecule has 0 saturated carbocycles. The number of esters is 1. The molecule has 0 fully saturated rings. The topological polar surface area (TPSA) is 102 Å². The average molecular weight is 380 g/mol. The molecule has 0 heterocycles. The van der Waals surface area contributed by atoms with Crippen LogP contribution in [0.25, 0.3) is 0 Å². The lowest BCUT2D eigenvalue weighted by Crippen LogP contribution is -2.28. The van der Waals surface area contributed by atoms with Crippen molar-refractivity contribution in [2.75, 3.05) is 13.7 Å². The van der Waals surface area contributed by atoms with E-state index in [0.717, 1.165) is 23.8 Å². The maximum Gasteiger partial charge on any atom is 0.341 e. The zero-order chi connectivity index (χ0) is 19.2. The fourth-order valence-corrected chi connectivity index (χ4v) is 2.76. The number of halogens is 1. The van der Waals surface area contributed by atoms with Crippen molar-refractivity contribution in [1.29, 1.82) is 0 Å². The predicted octanol–water partition coefficient (Wildman–Crippen LogP) is 1.21. The summed E-state index contributed by atoms with van der Waals surface area (Å²) in [4.78, 5) is 23.4. The summed E-state index contributed by atoms with van der Waals surface area (Å²) >= 11 is 0. The fourth-order valence-electron chi connectivity index (χ4n) is 2.00. The van der Waals surface area contributed by atoms with Crippen LogP contribution >= 0.6 is 0 Å². The van der Waals surface area contributed by atoms with Gasteiger partial charge < -0.3 is 10.1 Å². The van der Waals surface area contributed by atoms with Gasteiger partial charge in [-0.1, -0.05) is 30.3 Å². The number of benzene rings is 2. The third-order valence-corrected chi connectivity index (χ3v) is 4.82. The molecule has 0 spiro atoms. The van der Waals surface area contributed by atoms with Crippen LogP contribution in [0.15, 0.2) is 53.4 Å². The molecule has 0 bridgehead atoms. The van der Waals surface area contributed by atoms with E-state index >= 15 is 0 Å². The molecule has 2 N–H and O–H groups in total. The van der Waals surface area contributed by atoms with Crippen LogP contribution in [0.2, 0.25) is 0 Å². The first kappa shape index (κ1) is 19.5. The second-order valence-electron chi connectivity index (χ2n) is 5.19. The second-order valence-corrected chi connectivity index (χ2v) is 7.07. The summed E-state index contributed by atoms with van der Waals surface area (Å²) in [5, 5.41) is 2.55. The number of ether oxygens (including phenoxy) is 1. The highest BCUT2D eigenvalue weighted by Gasteiger charge is 2.20. The Labute approximate surface area is 150 Å². The van der Waals surface area contributed by atoms with E-state index in [9.17, 15) is 22.4 Å². The van der Waals surface area contributed by atoms with Gasteiger partial charge in [-0.05, 0) is 30.8 Å². The molecular weight excluding hydrogens is 363 g/mol. The Morgan fingerprint density at radius 1 is 1.12 bits per heavy atom.